The molecule has 0 radical (unpaired) electrons. The molecule has 0 bridgehead atoms. The molecule has 2 aromatic carbocycles. The largest absolute Gasteiger partial charge is 0.331 e. The topological polar surface area (TPSA) is 52.6 Å². The van der Waals surface area contributed by atoms with Crippen LogP contribution in [0.4, 0.5) is 21.5 Å². The highest BCUT2D eigenvalue weighted by atomic mass is 32.2. The first kappa shape index (κ1) is 16.7. The number of hydrogen-bond acceptors (Lipinski definition) is 3. The first-order valence-corrected chi connectivity index (χ1v) is 9.34. The van der Waals surface area contributed by atoms with Gasteiger partial charge in [-0.25, -0.2) is 8.70 Å². The fourth-order valence-corrected chi connectivity index (χ4v) is 4.58. The fraction of sp³-hybridized carbons (Fsp3) is 0.294. The SMILES string of the molecule is CCNCCCN1c2ccccc2N(c2ccccc2F)S1(=O)=O. The lowest BCUT2D eigenvalue weighted by molar-refractivity contribution is 0.587. The normalized spacial score (nSPS) is 15.6. The van der Waals surface area contributed by atoms with E-state index in [1.807, 2.05) is 6.92 Å². The molecule has 0 saturated carbocycles. The second kappa shape index (κ2) is 6.78. The van der Waals surface area contributed by atoms with E-state index in [-0.39, 0.29) is 5.69 Å². The van der Waals surface area contributed by atoms with E-state index < -0.39 is 16.0 Å². The molecule has 0 spiro atoms. The molecule has 1 heterocycles. The van der Waals surface area contributed by atoms with E-state index in [1.165, 1.54) is 16.4 Å². The Morgan fingerprint density at radius 3 is 2.29 bits per heavy atom. The first-order valence-electron chi connectivity index (χ1n) is 7.94. The maximum Gasteiger partial charge on any atom is 0.331 e. The number of fused-ring (bicyclic) bond motifs is 1. The molecule has 7 heteroatoms. The molecule has 0 amide bonds. The summed E-state index contributed by atoms with van der Waals surface area (Å²) in [4.78, 5) is 0. The van der Waals surface area contributed by atoms with Crippen molar-refractivity contribution >= 4 is 27.3 Å². The van der Waals surface area contributed by atoms with Crippen LogP contribution >= 0.6 is 0 Å². The van der Waals surface area contributed by atoms with E-state index in [0.717, 1.165) is 17.4 Å². The van der Waals surface area contributed by atoms with Crippen molar-refractivity contribution in [2.75, 3.05) is 28.2 Å². The van der Waals surface area contributed by atoms with Gasteiger partial charge >= 0.3 is 10.2 Å². The van der Waals surface area contributed by atoms with Gasteiger partial charge in [0.1, 0.15) is 5.82 Å². The van der Waals surface area contributed by atoms with Crippen molar-refractivity contribution in [2.45, 2.75) is 13.3 Å². The van der Waals surface area contributed by atoms with Crippen molar-refractivity contribution in [2.24, 2.45) is 0 Å². The standard InChI is InChI=1S/C17H20FN3O2S/c1-2-19-12-7-13-20-16-10-5-6-11-17(16)21(24(20,22)23)15-9-4-3-8-14(15)18/h3-6,8-11,19H,2,7,12-13H2,1H3. The van der Waals surface area contributed by atoms with Crippen molar-refractivity contribution in [3.8, 4) is 0 Å². The molecule has 0 aliphatic carbocycles. The van der Waals surface area contributed by atoms with Crippen molar-refractivity contribution in [3.63, 3.8) is 0 Å². The van der Waals surface area contributed by atoms with Crippen molar-refractivity contribution < 1.29 is 12.8 Å². The highest BCUT2D eigenvalue weighted by Gasteiger charge is 2.41. The minimum absolute atomic E-state index is 0.0409. The molecule has 0 atom stereocenters. The average molecular weight is 349 g/mol. The molecule has 128 valence electrons. The van der Waals surface area contributed by atoms with Crippen LogP contribution in [-0.2, 0) is 10.2 Å². The third-order valence-electron chi connectivity index (χ3n) is 3.91. The summed E-state index contributed by atoms with van der Waals surface area (Å²) in [6, 6.07) is 12.9. The van der Waals surface area contributed by atoms with Gasteiger partial charge in [0.2, 0.25) is 0 Å². The Bertz CT molecular complexity index is 826. The number of nitrogens with zero attached hydrogens (tertiary/aromatic N) is 2. The molecule has 0 unspecified atom stereocenters. The molecule has 1 aliphatic rings. The number of hydrogen-bond donors (Lipinski definition) is 1. The number of para-hydroxylation sites is 3. The Morgan fingerprint density at radius 1 is 1.00 bits per heavy atom. The molecule has 3 rings (SSSR count). The van der Waals surface area contributed by atoms with E-state index in [4.69, 9.17) is 0 Å². The van der Waals surface area contributed by atoms with E-state index >= 15 is 0 Å². The molecule has 0 saturated heterocycles. The van der Waals surface area contributed by atoms with Crippen molar-refractivity contribution in [1.82, 2.24) is 5.32 Å². The van der Waals surface area contributed by atoms with Gasteiger partial charge in [0.15, 0.2) is 0 Å². The Balaban J connectivity index is 2.01. The van der Waals surface area contributed by atoms with Crippen LogP contribution in [0.15, 0.2) is 48.5 Å². The summed E-state index contributed by atoms with van der Waals surface area (Å²) in [6.07, 6.45) is 0.673. The highest BCUT2D eigenvalue weighted by Crippen LogP contribution is 2.45. The molecular weight excluding hydrogens is 329 g/mol. The van der Waals surface area contributed by atoms with Gasteiger partial charge in [-0.05, 0) is 43.8 Å². The number of anilines is 3. The van der Waals surface area contributed by atoms with Crippen LogP contribution < -0.4 is 13.9 Å². The molecule has 1 N–H and O–H groups in total. The van der Waals surface area contributed by atoms with Gasteiger partial charge in [0.25, 0.3) is 0 Å². The van der Waals surface area contributed by atoms with Gasteiger partial charge in [-0.3, -0.25) is 4.31 Å². The van der Waals surface area contributed by atoms with Gasteiger partial charge in [0, 0.05) is 6.54 Å². The minimum Gasteiger partial charge on any atom is -0.317 e. The number of rotatable bonds is 6. The van der Waals surface area contributed by atoms with Crippen LogP contribution in [0.3, 0.4) is 0 Å². The van der Waals surface area contributed by atoms with E-state index in [9.17, 15) is 12.8 Å². The second-order valence-electron chi connectivity index (χ2n) is 5.49. The summed E-state index contributed by atoms with van der Waals surface area (Å²) in [5.74, 6) is -0.564. The molecule has 5 nitrogen and oxygen atoms in total. The zero-order valence-electron chi connectivity index (χ0n) is 13.4. The summed E-state index contributed by atoms with van der Waals surface area (Å²) in [7, 11) is -3.85. The van der Waals surface area contributed by atoms with Crippen LogP contribution in [0.1, 0.15) is 13.3 Å². The quantitative estimate of drug-likeness (QED) is 0.816. The van der Waals surface area contributed by atoms with E-state index in [2.05, 4.69) is 5.32 Å². The number of halogens is 1. The average Bonchev–Trinajstić information content (AvgIpc) is 2.79. The van der Waals surface area contributed by atoms with Crippen molar-refractivity contribution in [3.05, 3.63) is 54.3 Å². The monoisotopic (exact) mass is 349 g/mol. The zero-order valence-corrected chi connectivity index (χ0v) is 14.3. The summed E-state index contributed by atoms with van der Waals surface area (Å²) >= 11 is 0. The lowest BCUT2D eigenvalue weighted by Gasteiger charge is -2.22. The van der Waals surface area contributed by atoms with Crippen molar-refractivity contribution in [1.29, 1.82) is 0 Å². The van der Waals surface area contributed by atoms with E-state index in [1.54, 1.807) is 36.4 Å². The second-order valence-corrected chi connectivity index (χ2v) is 7.19. The maximum atomic E-state index is 14.2. The zero-order chi connectivity index (χ0) is 17.2. The number of nitrogens with one attached hydrogen (secondary N) is 1. The maximum absolute atomic E-state index is 14.2. The van der Waals surface area contributed by atoms with E-state index in [0.29, 0.717) is 24.3 Å². The molecule has 24 heavy (non-hydrogen) atoms. The Hall–Kier alpha value is -2.12. The van der Waals surface area contributed by atoms with Gasteiger partial charge in [-0.1, -0.05) is 31.2 Å². The van der Waals surface area contributed by atoms with Crippen LogP contribution in [0.5, 0.6) is 0 Å². The van der Waals surface area contributed by atoms with Crippen LogP contribution in [0.25, 0.3) is 0 Å². The molecule has 2 aromatic rings. The first-order chi connectivity index (χ1) is 11.6. The molecule has 0 aromatic heterocycles. The summed E-state index contributed by atoms with van der Waals surface area (Å²) < 4.78 is 42.7. The van der Waals surface area contributed by atoms with Gasteiger partial charge in [-0.2, -0.15) is 8.42 Å². The predicted molar refractivity (Wildman–Crippen MR) is 94.4 cm³/mol. The van der Waals surface area contributed by atoms with Gasteiger partial charge < -0.3 is 5.32 Å². The van der Waals surface area contributed by atoms with Crippen LogP contribution in [0.2, 0.25) is 0 Å². The third-order valence-corrected chi connectivity index (χ3v) is 5.71. The molecule has 0 fully saturated rings. The summed E-state index contributed by atoms with van der Waals surface area (Å²) in [5.41, 5.74) is 1.10. The predicted octanol–water partition coefficient (Wildman–Crippen LogP) is 3.03. The van der Waals surface area contributed by atoms with Gasteiger partial charge in [-0.15, -0.1) is 0 Å². The smallest absolute Gasteiger partial charge is 0.317 e. The van der Waals surface area contributed by atoms with Crippen LogP contribution in [-0.4, -0.2) is 28.1 Å². The fourth-order valence-electron chi connectivity index (χ4n) is 2.82. The third kappa shape index (κ3) is 2.85. The Kier molecular flexibility index (Phi) is 4.73. The lowest BCUT2D eigenvalue weighted by atomic mass is 10.2. The Labute approximate surface area is 141 Å². The summed E-state index contributed by atoms with van der Waals surface area (Å²) in [5, 5.41) is 3.18. The molecular formula is C17H20FN3O2S. The number of benzene rings is 2. The minimum atomic E-state index is -3.85. The lowest BCUT2D eigenvalue weighted by Crippen LogP contribution is -2.37. The van der Waals surface area contributed by atoms with Gasteiger partial charge in [0.05, 0.1) is 17.1 Å². The molecule has 1 aliphatic heterocycles. The Morgan fingerprint density at radius 2 is 1.62 bits per heavy atom. The highest BCUT2D eigenvalue weighted by molar-refractivity contribution is 7.95. The van der Waals surface area contributed by atoms with Crippen LogP contribution in [0, 0.1) is 5.82 Å². The summed E-state index contributed by atoms with van der Waals surface area (Å²) in [6.45, 7) is 3.91.